The van der Waals surface area contributed by atoms with E-state index in [4.69, 9.17) is 17.0 Å². The molecule has 0 saturated carbocycles. The van der Waals surface area contributed by atoms with Crippen LogP contribution in [0.15, 0.2) is 48.5 Å². The monoisotopic (exact) mass is 399 g/mol. The highest BCUT2D eigenvalue weighted by molar-refractivity contribution is 7.80. The summed E-state index contributed by atoms with van der Waals surface area (Å²) < 4.78 is 5.67. The number of hydrogen-bond donors (Lipinski definition) is 3. The number of ether oxygens (including phenoxy) is 1. The highest BCUT2D eigenvalue weighted by Crippen LogP contribution is 2.19. The fourth-order valence-electron chi connectivity index (χ4n) is 2.42. The minimum atomic E-state index is -0.370. The van der Waals surface area contributed by atoms with Crippen LogP contribution in [0.25, 0.3) is 0 Å². The fourth-order valence-corrected chi connectivity index (χ4v) is 2.63. The first kappa shape index (κ1) is 21.4. The SMILES string of the molecule is CCCNC(=O)c1cccc(NC(=S)NC(=O)c2ccccc2OC(C)C)c1. The number of nitrogens with one attached hydrogen (secondary N) is 3. The fraction of sp³-hybridized carbons (Fsp3) is 0.286. The molecule has 7 heteroatoms. The lowest BCUT2D eigenvalue weighted by molar-refractivity contribution is 0.0950. The van der Waals surface area contributed by atoms with Crippen LogP contribution in [0.2, 0.25) is 0 Å². The van der Waals surface area contributed by atoms with Crippen molar-refractivity contribution in [2.24, 2.45) is 0 Å². The Morgan fingerprint density at radius 1 is 1.07 bits per heavy atom. The molecule has 0 aliphatic carbocycles. The van der Waals surface area contributed by atoms with Crippen LogP contribution in [0.3, 0.4) is 0 Å². The van der Waals surface area contributed by atoms with Crippen molar-refractivity contribution in [1.82, 2.24) is 10.6 Å². The highest BCUT2D eigenvalue weighted by atomic mass is 32.1. The van der Waals surface area contributed by atoms with E-state index < -0.39 is 0 Å². The zero-order valence-electron chi connectivity index (χ0n) is 16.2. The second kappa shape index (κ2) is 10.4. The van der Waals surface area contributed by atoms with E-state index >= 15 is 0 Å². The summed E-state index contributed by atoms with van der Waals surface area (Å²) in [6, 6.07) is 13.9. The van der Waals surface area contributed by atoms with Crippen LogP contribution in [-0.4, -0.2) is 29.6 Å². The average molecular weight is 400 g/mol. The first-order valence-corrected chi connectivity index (χ1v) is 9.57. The van der Waals surface area contributed by atoms with Gasteiger partial charge in [-0.05, 0) is 62.8 Å². The zero-order valence-corrected chi connectivity index (χ0v) is 17.1. The van der Waals surface area contributed by atoms with Gasteiger partial charge in [0.25, 0.3) is 11.8 Å². The van der Waals surface area contributed by atoms with E-state index in [2.05, 4.69) is 16.0 Å². The Morgan fingerprint density at radius 3 is 2.54 bits per heavy atom. The smallest absolute Gasteiger partial charge is 0.261 e. The van der Waals surface area contributed by atoms with Gasteiger partial charge in [-0.2, -0.15) is 0 Å². The Morgan fingerprint density at radius 2 is 1.82 bits per heavy atom. The molecule has 0 aliphatic rings. The van der Waals surface area contributed by atoms with Gasteiger partial charge in [0.15, 0.2) is 5.11 Å². The van der Waals surface area contributed by atoms with Gasteiger partial charge >= 0.3 is 0 Å². The number of amides is 2. The van der Waals surface area contributed by atoms with Crippen molar-refractivity contribution in [2.45, 2.75) is 33.3 Å². The first-order valence-electron chi connectivity index (χ1n) is 9.17. The largest absolute Gasteiger partial charge is 0.490 e. The summed E-state index contributed by atoms with van der Waals surface area (Å²) in [6.45, 7) is 6.39. The molecule has 0 aliphatic heterocycles. The number of benzene rings is 2. The summed E-state index contributed by atoms with van der Waals surface area (Å²) >= 11 is 5.24. The summed E-state index contributed by atoms with van der Waals surface area (Å²) in [5.74, 6) is -0.0294. The van der Waals surface area contributed by atoms with Gasteiger partial charge in [-0.1, -0.05) is 25.1 Å². The molecule has 2 amide bonds. The summed E-state index contributed by atoms with van der Waals surface area (Å²) in [7, 11) is 0. The van der Waals surface area contributed by atoms with E-state index in [1.54, 1.807) is 48.5 Å². The maximum absolute atomic E-state index is 12.6. The Kier molecular flexibility index (Phi) is 7.95. The minimum absolute atomic E-state index is 0.0550. The third-order valence-electron chi connectivity index (χ3n) is 3.64. The van der Waals surface area contributed by atoms with E-state index in [1.807, 2.05) is 20.8 Å². The normalized spacial score (nSPS) is 10.3. The number of hydrogen-bond acceptors (Lipinski definition) is 4. The molecule has 148 valence electrons. The van der Waals surface area contributed by atoms with Crippen molar-refractivity contribution >= 4 is 34.8 Å². The first-order chi connectivity index (χ1) is 13.4. The molecule has 0 radical (unpaired) electrons. The molecule has 0 unspecified atom stereocenters. The molecule has 0 fully saturated rings. The van der Waals surface area contributed by atoms with Crippen LogP contribution in [0.1, 0.15) is 47.9 Å². The third kappa shape index (κ3) is 6.35. The average Bonchev–Trinajstić information content (AvgIpc) is 2.66. The second-order valence-electron chi connectivity index (χ2n) is 6.41. The molecule has 0 bridgehead atoms. The van der Waals surface area contributed by atoms with Crippen molar-refractivity contribution in [3.8, 4) is 5.75 Å². The maximum atomic E-state index is 12.6. The Bertz CT molecular complexity index is 852. The summed E-state index contributed by atoms with van der Waals surface area (Å²) in [5, 5.41) is 8.53. The number of para-hydroxylation sites is 1. The van der Waals surface area contributed by atoms with Gasteiger partial charge in [0, 0.05) is 17.8 Å². The summed E-state index contributed by atoms with van der Waals surface area (Å²) in [6.07, 6.45) is 0.808. The van der Waals surface area contributed by atoms with Gasteiger partial charge in [-0.25, -0.2) is 0 Å². The van der Waals surface area contributed by atoms with Gasteiger partial charge < -0.3 is 15.4 Å². The number of thiocarbonyl (C=S) groups is 1. The molecule has 2 rings (SSSR count). The van der Waals surface area contributed by atoms with E-state index in [9.17, 15) is 9.59 Å². The maximum Gasteiger partial charge on any atom is 0.261 e. The van der Waals surface area contributed by atoms with E-state index in [-0.39, 0.29) is 23.0 Å². The molecule has 0 aromatic heterocycles. The molecule has 6 nitrogen and oxygen atoms in total. The molecular weight excluding hydrogens is 374 g/mol. The Balaban J connectivity index is 2.03. The molecule has 0 saturated heterocycles. The van der Waals surface area contributed by atoms with Gasteiger partial charge in [-0.15, -0.1) is 0 Å². The molecule has 28 heavy (non-hydrogen) atoms. The number of rotatable bonds is 7. The lowest BCUT2D eigenvalue weighted by Crippen LogP contribution is -2.34. The predicted octanol–water partition coefficient (Wildman–Crippen LogP) is 3.74. The van der Waals surface area contributed by atoms with Gasteiger partial charge in [0.1, 0.15) is 5.75 Å². The quantitative estimate of drug-likeness (QED) is 0.618. The van der Waals surface area contributed by atoms with E-state index in [0.717, 1.165) is 6.42 Å². The third-order valence-corrected chi connectivity index (χ3v) is 3.84. The Hall–Kier alpha value is -2.93. The molecule has 3 N–H and O–H groups in total. The van der Waals surface area contributed by atoms with Crippen molar-refractivity contribution in [2.75, 3.05) is 11.9 Å². The van der Waals surface area contributed by atoms with Crippen LogP contribution in [0.4, 0.5) is 5.69 Å². The molecule has 2 aromatic carbocycles. The highest BCUT2D eigenvalue weighted by Gasteiger charge is 2.14. The minimum Gasteiger partial charge on any atom is -0.490 e. The standard InChI is InChI=1S/C21H25N3O3S/c1-4-12-22-19(25)15-8-7-9-16(13-15)23-21(28)24-20(26)17-10-5-6-11-18(17)27-14(2)3/h5-11,13-14H,4,12H2,1-3H3,(H,22,25)(H2,23,24,26,28). The Labute approximate surface area is 170 Å². The van der Waals surface area contributed by atoms with Crippen LogP contribution >= 0.6 is 12.2 Å². The molecule has 0 heterocycles. The van der Waals surface area contributed by atoms with Gasteiger partial charge in [0.05, 0.1) is 11.7 Å². The predicted molar refractivity (Wildman–Crippen MR) is 115 cm³/mol. The molecule has 0 atom stereocenters. The summed E-state index contributed by atoms with van der Waals surface area (Å²) in [5.41, 5.74) is 1.53. The number of anilines is 1. The van der Waals surface area contributed by atoms with Crippen molar-refractivity contribution in [3.63, 3.8) is 0 Å². The van der Waals surface area contributed by atoms with Crippen molar-refractivity contribution < 1.29 is 14.3 Å². The molecule has 0 spiro atoms. The second-order valence-corrected chi connectivity index (χ2v) is 6.82. The number of carbonyl (C=O) groups is 2. The molecule has 2 aromatic rings. The van der Waals surface area contributed by atoms with Crippen LogP contribution in [0, 0.1) is 0 Å². The van der Waals surface area contributed by atoms with Gasteiger partial charge in [0.2, 0.25) is 0 Å². The topological polar surface area (TPSA) is 79.5 Å². The van der Waals surface area contributed by atoms with Crippen molar-refractivity contribution in [1.29, 1.82) is 0 Å². The lowest BCUT2D eigenvalue weighted by Gasteiger charge is -2.15. The van der Waals surface area contributed by atoms with Crippen molar-refractivity contribution in [3.05, 3.63) is 59.7 Å². The van der Waals surface area contributed by atoms with Crippen LogP contribution in [0.5, 0.6) is 5.75 Å². The van der Waals surface area contributed by atoms with Gasteiger partial charge in [-0.3, -0.25) is 14.9 Å². The zero-order chi connectivity index (χ0) is 20.5. The summed E-state index contributed by atoms with van der Waals surface area (Å²) in [4.78, 5) is 24.6. The van der Waals surface area contributed by atoms with E-state index in [1.165, 1.54) is 0 Å². The lowest BCUT2D eigenvalue weighted by atomic mass is 10.2. The van der Waals surface area contributed by atoms with E-state index in [0.29, 0.717) is 29.1 Å². The molecular formula is C21H25N3O3S. The van der Waals surface area contributed by atoms with Crippen LogP contribution < -0.4 is 20.7 Å². The van der Waals surface area contributed by atoms with Crippen LogP contribution in [-0.2, 0) is 0 Å². The number of carbonyl (C=O) groups excluding carboxylic acids is 2.